The van der Waals surface area contributed by atoms with Gasteiger partial charge in [0.15, 0.2) is 0 Å². The third-order valence-electron chi connectivity index (χ3n) is 4.64. The van der Waals surface area contributed by atoms with Crippen molar-refractivity contribution in [3.05, 3.63) is 57.6 Å². The van der Waals surface area contributed by atoms with Crippen LogP contribution in [0.2, 0.25) is 5.02 Å². The molecule has 166 valence electrons. The number of nitrogens with zero attached hydrogens (tertiary/aromatic N) is 2. The van der Waals surface area contributed by atoms with Gasteiger partial charge in [0.25, 0.3) is 0 Å². The average molecular weight is 459 g/mol. The topological polar surface area (TPSA) is 110 Å². The van der Waals surface area contributed by atoms with Crippen molar-refractivity contribution in [1.29, 1.82) is 0 Å². The second-order valence-corrected chi connectivity index (χ2v) is 9.54. The normalized spacial score (nSPS) is 13.8. The second kappa shape index (κ2) is 10.0. The zero-order chi connectivity index (χ0) is 22.6. The molecule has 4 N–H and O–H groups in total. The summed E-state index contributed by atoms with van der Waals surface area (Å²) in [4.78, 5) is -0.0139. The number of halogens is 2. The molecule has 0 saturated carbocycles. The summed E-state index contributed by atoms with van der Waals surface area (Å²) in [7, 11) is -2.36. The summed E-state index contributed by atoms with van der Waals surface area (Å²) in [6, 6.07) is 4.68. The molecule has 0 fully saturated rings. The van der Waals surface area contributed by atoms with Gasteiger partial charge in [0.2, 0.25) is 10.0 Å². The zero-order valence-corrected chi connectivity index (χ0v) is 19.1. The summed E-state index contributed by atoms with van der Waals surface area (Å²) in [5.41, 5.74) is 8.12. The van der Waals surface area contributed by atoms with E-state index in [1.54, 1.807) is 19.1 Å². The standard InChI is InChI=1S/C20H28ClFN4O3S/c1-12(2)19-16(20(13(3)27)26(25-19)11-15(22)7-8-23)9-14-5-6-18(17(21)10-14)30(28,29)24-4/h5-7,10,12-13,24,27H,8-9,11,23H2,1-4H3. The number of allylic oxidation sites excluding steroid dienone is 1. The lowest BCUT2D eigenvalue weighted by Gasteiger charge is -2.13. The van der Waals surface area contributed by atoms with Gasteiger partial charge < -0.3 is 10.8 Å². The van der Waals surface area contributed by atoms with Crippen LogP contribution in [0.15, 0.2) is 35.0 Å². The Morgan fingerprint density at radius 1 is 1.40 bits per heavy atom. The first-order chi connectivity index (χ1) is 14.0. The van der Waals surface area contributed by atoms with Crippen LogP contribution in [0.25, 0.3) is 0 Å². The van der Waals surface area contributed by atoms with Crippen molar-refractivity contribution in [3.8, 4) is 0 Å². The van der Waals surface area contributed by atoms with E-state index in [4.69, 9.17) is 17.3 Å². The first kappa shape index (κ1) is 24.5. The number of rotatable bonds is 9. The number of sulfonamides is 1. The summed E-state index contributed by atoms with van der Waals surface area (Å²) >= 11 is 6.21. The van der Waals surface area contributed by atoms with Gasteiger partial charge in [-0.2, -0.15) is 5.10 Å². The van der Waals surface area contributed by atoms with Crippen LogP contribution in [-0.4, -0.2) is 36.9 Å². The van der Waals surface area contributed by atoms with Crippen molar-refractivity contribution in [1.82, 2.24) is 14.5 Å². The van der Waals surface area contributed by atoms with Gasteiger partial charge in [-0.05, 0) is 43.7 Å². The predicted molar refractivity (Wildman–Crippen MR) is 116 cm³/mol. The number of aromatic nitrogens is 2. The Morgan fingerprint density at radius 2 is 2.07 bits per heavy atom. The molecule has 0 bridgehead atoms. The minimum Gasteiger partial charge on any atom is -0.387 e. The van der Waals surface area contributed by atoms with Crippen LogP contribution in [0.4, 0.5) is 4.39 Å². The lowest BCUT2D eigenvalue weighted by molar-refractivity contribution is 0.186. The molecule has 2 aromatic rings. The molecule has 1 aromatic carbocycles. The van der Waals surface area contributed by atoms with Crippen molar-refractivity contribution < 1.29 is 17.9 Å². The van der Waals surface area contributed by atoms with E-state index in [-0.39, 0.29) is 28.9 Å². The van der Waals surface area contributed by atoms with Crippen LogP contribution in [0.1, 0.15) is 55.3 Å². The Balaban J connectivity index is 2.54. The largest absolute Gasteiger partial charge is 0.387 e. The maximum Gasteiger partial charge on any atom is 0.241 e. The van der Waals surface area contributed by atoms with E-state index in [2.05, 4.69) is 9.82 Å². The molecule has 0 aliphatic carbocycles. The SMILES string of the molecule is CNS(=O)(=O)c1ccc(Cc2c(C(C)C)nn(CC(F)=CCN)c2C(C)O)cc1Cl. The number of hydrogen-bond acceptors (Lipinski definition) is 5. The number of nitrogens with one attached hydrogen (secondary N) is 1. The van der Waals surface area contributed by atoms with Crippen LogP contribution in [0.3, 0.4) is 0 Å². The van der Waals surface area contributed by atoms with Gasteiger partial charge in [-0.25, -0.2) is 17.5 Å². The molecule has 10 heteroatoms. The molecule has 0 aliphatic rings. The maximum atomic E-state index is 14.1. The molecule has 7 nitrogen and oxygen atoms in total. The highest BCUT2D eigenvalue weighted by molar-refractivity contribution is 7.89. The first-order valence-corrected chi connectivity index (χ1v) is 11.4. The molecular weight excluding hydrogens is 431 g/mol. The molecule has 1 unspecified atom stereocenters. The summed E-state index contributed by atoms with van der Waals surface area (Å²) < 4.78 is 41.9. The van der Waals surface area contributed by atoms with Gasteiger partial charge >= 0.3 is 0 Å². The minimum absolute atomic E-state index is 0.0139. The fourth-order valence-electron chi connectivity index (χ4n) is 3.29. The van der Waals surface area contributed by atoms with Crippen molar-refractivity contribution in [3.63, 3.8) is 0 Å². The van der Waals surface area contributed by atoms with Gasteiger partial charge in [0, 0.05) is 18.5 Å². The highest BCUT2D eigenvalue weighted by atomic mass is 35.5. The van der Waals surface area contributed by atoms with Crippen LogP contribution in [-0.2, 0) is 23.0 Å². The molecule has 0 amide bonds. The second-order valence-electron chi connectivity index (χ2n) is 7.27. The van der Waals surface area contributed by atoms with E-state index in [0.717, 1.165) is 16.8 Å². The molecule has 0 saturated heterocycles. The van der Waals surface area contributed by atoms with Crippen molar-refractivity contribution >= 4 is 21.6 Å². The predicted octanol–water partition coefficient (Wildman–Crippen LogP) is 3.02. The van der Waals surface area contributed by atoms with Gasteiger partial charge in [0.05, 0.1) is 29.1 Å². The fourth-order valence-corrected chi connectivity index (χ4v) is 4.58. The maximum absolute atomic E-state index is 14.1. The number of aliphatic hydroxyl groups is 1. The van der Waals surface area contributed by atoms with Gasteiger partial charge in [0.1, 0.15) is 10.7 Å². The van der Waals surface area contributed by atoms with Crippen LogP contribution >= 0.6 is 11.6 Å². The quantitative estimate of drug-likeness (QED) is 0.535. The van der Waals surface area contributed by atoms with E-state index in [1.165, 1.54) is 23.9 Å². The third-order valence-corrected chi connectivity index (χ3v) is 6.54. The Morgan fingerprint density at radius 3 is 2.57 bits per heavy atom. The highest BCUT2D eigenvalue weighted by Gasteiger charge is 2.24. The first-order valence-electron chi connectivity index (χ1n) is 9.55. The molecule has 0 aliphatic heterocycles. The molecule has 2 rings (SSSR count). The smallest absolute Gasteiger partial charge is 0.241 e. The molecule has 0 radical (unpaired) electrons. The summed E-state index contributed by atoms with van der Waals surface area (Å²) in [6.45, 7) is 5.47. The number of benzene rings is 1. The lowest BCUT2D eigenvalue weighted by Crippen LogP contribution is -2.19. The Labute approximate surface area is 181 Å². The molecule has 0 spiro atoms. The van der Waals surface area contributed by atoms with E-state index in [1.807, 2.05) is 13.8 Å². The monoisotopic (exact) mass is 458 g/mol. The zero-order valence-electron chi connectivity index (χ0n) is 17.5. The Hall–Kier alpha value is -1.78. The summed E-state index contributed by atoms with van der Waals surface area (Å²) in [5, 5.41) is 15.0. The van der Waals surface area contributed by atoms with E-state index in [9.17, 15) is 17.9 Å². The average Bonchev–Trinajstić information content (AvgIpc) is 2.99. The Kier molecular flexibility index (Phi) is 8.18. The van der Waals surface area contributed by atoms with Crippen LogP contribution in [0.5, 0.6) is 0 Å². The molecule has 1 atom stereocenters. The molecule has 1 heterocycles. The van der Waals surface area contributed by atoms with Gasteiger partial charge in [-0.3, -0.25) is 4.68 Å². The highest BCUT2D eigenvalue weighted by Crippen LogP contribution is 2.31. The van der Waals surface area contributed by atoms with Gasteiger partial charge in [-0.1, -0.05) is 31.5 Å². The molecular formula is C20H28ClFN4O3S. The van der Waals surface area contributed by atoms with Crippen LogP contribution in [0, 0.1) is 0 Å². The summed E-state index contributed by atoms with van der Waals surface area (Å²) in [6.07, 6.45) is 0.739. The van der Waals surface area contributed by atoms with Crippen LogP contribution < -0.4 is 10.5 Å². The van der Waals surface area contributed by atoms with Gasteiger partial charge in [-0.15, -0.1) is 0 Å². The molecule has 30 heavy (non-hydrogen) atoms. The molecule has 1 aromatic heterocycles. The number of nitrogens with two attached hydrogens (primary N) is 1. The fraction of sp³-hybridized carbons (Fsp3) is 0.450. The van der Waals surface area contributed by atoms with E-state index >= 15 is 0 Å². The third kappa shape index (κ3) is 5.47. The van der Waals surface area contributed by atoms with Crippen molar-refractivity contribution in [2.75, 3.05) is 13.6 Å². The van der Waals surface area contributed by atoms with E-state index < -0.39 is 22.0 Å². The van der Waals surface area contributed by atoms with Crippen molar-refractivity contribution in [2.24, 2.45) is 5.73 Å². The lowest BCUT2D eigenvalue weighted by atomic mass is 9.96. The Bertz CT molecular complexity index is 1030. The van der Waals surface area contributed by atoms with Crippen molar-refractivity contribution in [2.45, 2.75) is 50.7 Å². The minimum atomic E-state index is -3.67. The van der Waals surface area contributed by atoms with E-state index in [0.29, 0.717) is 12.1 Å². The number of hydrogen-bond donors (Lipinski definition) is 3. The number of aliphatic hydroxyl groups excluding tert-OH is 1. The summed E-state index contributed by atoms with van der Waals surface area (Å²) in [5.74, 6) is -0.409.